The number of hydrogen-bond acceptors (Lipinski definition) is 4. The number of aromatic nitrogens is 4. The Hall–Kier alpha value is -1.91. The van der Waals surface area contributed by atoms with Crippen LogP contribution in [0.2, 0.25) is 0 Å². The molecule has 1 radical (unpaired) electrons. The Balaban J connectivity index is 2.51. The van der Waals surface area contributed by atoms with Gasteiger partial charge in [0.05, 0.1) is 0 Å². The van der Waals surface area contributed by atoms with Gasteiger partial charge in [0.15, 0.2) is 0 Å². The highest BCUT2D eigenvalue weighted by atomic mass is 16.3. The molecule has 0 fully saturated rings. The fraction of sp³-hybridized carbons (Fsp3) is 0. The van der Waals surface area contributed by atoms with Crippen molar-refractivity contribution < 1.29 is 5.11 Å². The summed E-state index contributed by atoms with van der Waals surface area (Å²) in [6, 6.07) is 5.09. The summed E-state index contributed by atoms with van der Waals surface area (Å²) in [5, 5.41) is 15.9. The van der Waals surface area contributed by atoms with Crippen LogP contribution in [0.5, 0.6) is 6.01 Å². The zero-order valence-corrected chi connectivity index (χ0v) is 6.05. The van der Waals surface area contributed by atoms with E-state index in [-0.39, 0.29) is 6.01 Å². The first kappa shape index (κ1) is 6.78. The molecule has 2 rings (SSSR count). The van der Waals surface area contributed by atoms with Gasteiger partial charge in [0.25, 0.3) is 0 Å². The molecule has 0 aromatic carbocycles. The predicted octanol–water partition coefficient (Wildman–Crippen LogP) is 0.168. The van der Waals surface area contributed by atoms with Gasteiger partial charge < -0.3 is 5.11 Å². The molecule has 59 valence electrons. The lowest BCUT2D eigenvalue weighted by molar-refractivity contribution is 0.418. The lowest BCUT2D eigenvalue weighted by atomic mass is 10.5. The first-order valence-electron chi connectivity index (χ1n) is 3.31. The van der Waals surface area contributed by atoms with Crippen molar-refractivity contribution in [2.75, 3.05) is 0 Å². The van der Waals surface area contributed by atoms with Gasteiger partial charge >= 0.3 is 6.01 Å². The molecule has 0 saturated heterocycles. The third-order valence-corrected chi connectivity index (χ3v) is 1.36. The minimum absolute atomic E-state index is 0.214. The fourth-order valence-corrected chi connectivity index (χ4v) is 0.841. The molecule has 2 heterocycles. The maximum Gasteiger partial charge on any atom is 0.320 e. The molecule has 5 heteroatoms. The van der Waals surface area contributed by atoms with E-state index in [1.807, 2.05) is 0 Å². The molecule has 12 heavy (non-hydrogen) atoms. The first-order chi connectivity index (χ1) is 5.88. The molecule has 5 nitrogen and oxygen atoms in total. The highest BCUT2D eigenvalue weighted by Crippen LogP contribution is 2.08. The van der Waals surface area contributed by atoms with Crippen LogP contribution in [0.25, 0.3) is 5.82 Å². The molecule has 0 unspecified atom stereocenters. The van der Waals surface area contributed by atoms with Crippen molar-refractivity contribution in [3.05, 3.63) is 30.7 Å². The van der Waals surface area contributed by atoms with Crippen LogP contribution in [-0.4, -0.2) is 24.9 Å². The monoisotopic (exact) mass is 161 g/mol. The van der Waals surface area contributed by atoms with Crippen LogP contribution in [0.4, 0.5) is 0 Å². The highest BCUT2D eigenvalue weighted by Gasteiger charge is 2.03. The summed E-state index contributed by atoms with van der Waals surface area (Å²) in [5.41, 5.74) is 0. The van der Waals surface area contributed by atoms with Crippen LogP contribution in [0.1, 0.15) is 0 Å². The van der Waals surface area contributed by atoms with Crippen LogP contribution >= 0.6 is 0 Å². The Bertz CT molecular complexity index is 370. The molecule has 1 N–H and O–H groups in total. The molecule has 2 aromatic rings. The van der Waals surface area contributed by atoms with Gasteiger partial charge in [-0.05, 0) is 12.1 Å². The van der Waals surface area contributed by atoms with Crippen LogP contribution in [0.15, 0.2) is 24.4 Å². The Morgan fingerprint density at radius 2 is 2.33 bits per heavy atom. The first-order valence-corrected chi connectivity index (χ1v) is 3.31. The minimum atomic E-state index is -0.214. The SMILES string of the molecule is Oc1nn[c]n1-c1ccccn1. The molecule has 2 aromatic heterocycles. The second-order valence-corrected chi connectivity index (χ2v) is 2.12. The number of hydrogen-bond donors (Lipinski definition) is 1. The quantitative estimate of drug-likeness (QED) is 0.647. The van der Waals surface area contributed by atoms with Crippen LogP contribution < -0.4 is 0 Å². The molecular formula is C7H5N4O. The molecule has 0 bridgehead atoms. The molecule has 0 aliphatic rings. The van der Waals surface area contributed by atoms with E-state index in [0.29, 0.717) is 5.82 Å². The maximum atomic E-state index is 9.12. The average molecular weight is 161 g/mol. The maximum absolute atomic E-state index is 9.12. The van der Waals surface area contributed by atoms with Crippen molar-refractivity contribution in [1.82, 2.24) is 19.7 Å². The molecule has 0 atom stereocenters. The Morgan fingerprint density at radius 1 is 1.42 bits per heavy atom. The lowest BCUT2D eigenvalue weighted by Crippen LogP contribution is -1.94. The van der Waals surface area contributed by atoms with E-state index < -0.39 is 0 Å². The van der Waals surface area contributed by atoms with Gasteiger partial charge in [-0.15, -0.1) is 5.10 Å². The number of aromatic hydroxyl groups is 1. The Kier molecular flexibility index (Phi) is 1.48. The fourth-order valence-electron chi connectivity index (χ4n) is 0.841. The number of pyridine rings is 1. The van der Waals surface area contributed by atoms with Gasteiger partial charge in [-0.1, -0.05) is 11.2 Å². The third kappa shape index (κ3) is 1.01. The summed E-state index contributed by atoms with van der Waals surface area (Å²) >= 11 is 0. The molecular weight excluding hydrogens is 156 g/mol. The molecule has 0 amide bonds. The van der Waals surface area contributed by atoms with Crippen LogP contribution in [0.3, 0.4) is 0 Å². The van der Waals surface area contributed by atoms with Crippen LogP contribution in [0, 0.1) is 6.33 Å². The average Bonchev–Trinajstić information content (AvgIpc) is 2.53. The summed E-state index contributed by atoms with van der Waals surface area (Å²) in [5.74, 6) is 0.542. The Morgan fingerprint density at radius 3 is 2.92 bits per heavy atom. The molecule has 0 saturated carbocycles. The van der Waals surface area contributed by atoms with Gasteiger partial charge in [-0.2, -0.15) is 0 Å². The van der Waals surface area contributed by atoms with Crippen molar-refractivity contribution >= 4 is 0 Å². The van der Waals surface area contributed by atoms with E-state index in [9.17, 15) is 0 Å². The topological polar surface area (TPSA) is 63.8 Å². The van der Waals surface area contributed by atoms with Crippen molar-refractivity contribution in [1.29, 1.82) is 0 Å². The van der Waals surface area contributed by atoms with Crippen molar-refractivity contribution in [2.45, 2.75) is 0 Å². The van der Waals surface area contributed by atoms with Crippen molar-refractivity contribution in [3.8, 4) is 11.8 Å². The van der Waals surface area contributed by atoms with Gasteiger partial charge in [-0.25, -0.2) is 9.55 Å². The van der Waals surface area contributed by atoms with E-state index in [0.717, 1.165) is 0 Å². The van der Waals surface area contributed by atoms with E-state index in [1.54, 1.807) is 24.4 Å². The van der Waals surface area contributed by atoms with E-state index in [4.69, 9.17) is 5.11 Å². The Labute approximate surface area is 68.3 Å². The molecule has 0 aliphatic heterocycles. The van der Waals surface area contributed by atoms with E-state index >= 15 is 0 Å². The smallest absolute Gasteiger partial charge is 0.320 e. The van der Waals surface area contributed by atoms with Crippen molar-refractivity contribution in [2.24, 2.45) is 0 Å². The van der Waals surface area contributed by atoms with E-state index in [1.165, 1.54) is 4.57 Å². The van der Waals surface area contributed by atoms with Gasteiger partial charge in [0, 0.05) is 6.20 Å². The van der Waals surface area contributed by atoms with Crippen LogP contribution in [-0.2, 0) is 0 Å². The van der Waals surface area contributed by atoms with E-state index in [2.05, 4.69) is 21.5 Å². The highest BCUT2D eigenvalue weighted by molar-refractivity contribution is 5.23. The second kappa shape index (κ2) is 2.61. The van der Waals surface area contributed by atoms with Gasteiger partial charge in [0.1, 0.15) is 5.82 Å². The number of rotatable bonds is 1. The summed E-state index contributed by atoms with van der Waals surface area (Å²) in [6.45, 7) is 0. The summed E-state index contributed by atoms with van der Waals surface area (Å²) in [4.78, 5) is 3.97. The summed E-state index contributed by atoms with van der Waals surface area (Å²) < 4.78 is 1.26. The third-order valence-electron chi connectivity index (χ3n) is 1.36. The second-order valence-electron chi connectivity index (χ2n) is 2.12. The summed E-state index contributed by atoms with van der Waals surface area (Å²) in [7, 11) is 0. The standard InChI is InChI=1S/C7H5N4O/c12-7-10-9-5-11(7)6-3-1-2-4-8-6/h1-4H,(H,10,12). The largest absolute Gasteiger partial charge is 0.479 e. The zero-order valence-electron chi connectivity index (χ0n) is 6.05. The van der Waals surface area contributed by atoms with Crippen molar-refractivity contribution in [3.63, 3.8) is 0 Å². The number of nitrogens with zero attached hydrogens (tertiary/aromatic N) is 4. The lowest BCUT2D eigenvalue weighted by Gasteiger charge is -1.97. The zero-order chi connectivity index (χ0) is 8.39. The van der Waals surface area contributed by atoms with Gasteiger partial charge in [0.2, 0.25) is 6.33 Å². The minimum Gasteiger partial charge on any atom is -0.479 e. The normalized spacial score (nSPS) is 10.0. The molecule has 0 spiro atoms. The summed E-state index contributed by atoms with van der Waals surface area (Å²) in [6.07, 6.45) is 4.08. The van der Waals surface area contributed by atoms with Gasteiger partial charge in [-0.3, -0.25) is 0 Å². The molecule has 0 aliphatic carbocycles. The predicted molar refractivity (Wildman–Crippen MR) is 39.7 cm³/mol.